The van der Waals surface area contributed by atoms with E-state index in [1.165, 1.54) is 25.3 Å². The van der Waals surface area contributed by atoms with E-state index in [9.17, 15) is 44.7 Å². The number of aliphatic hydroxyl groups excluding tert-OH is 2. The lowest BCUT2D eigenvalue weighted by Crippen LogP contribution is -2.55. The third-order valence-corrected chi connectivity index (χ3v) is 10.5. The molecule has 3 aliphatic carbocycles. The number of benzene rings is 2. The van der Waals surface area contributed by atoms with Crippen LogP contribution < -0.4 is 10.1 Å². The smallest absolute Gasteiger partial charge is 0.408 e. The molecule has 13 nitrogen and oxygen atoms in total. The monoisotopic (exact) mass is 693 g/mol. The highest BCUT2D eigenvalue weighted by molar-refractivity contribution is 6.31. The van der Waals surface area contributed by atoms with Crippen molar-refractivity contribution in [2.45, 2.75) is 107 Å². The van der Waals surface area contributed by atoms with Gasteiger partial charge in [-0.15, -0.1) is 0 Å². The lowest BCUT2D eigenvalue weighted by atomic mass is 9.67. The van der Waals surface area contributed by atoms with Crippen molar-refractivity contribution in [1.29, 1.82) is 0 Å². The summed E-state index contributed by atoms with van der Waals surface area (Å²) in [4.78, 5) is 53.5. The average molecular weight is 694 g/mol. The third-order valence-electron chi connectivity index (χ3n) is 10.5. The summed E-state index contributed by atoms with van der Waals surface area (Å²) >= 11 is 0. The summed E-state index contributed by atoms with van der Waals surface area (Å²) in [6, 6.07) is 3.61. The van der Waals surface area contributed by atoms with Crippen LogP contribution in [0.25, 0.3) is 0 Å². The van der Waals surface area contributed by atoms with Gasteiger partial charge < -0.3 is 45.1 Å². The number of aliphatic hydroxyl groups is 3. The minimum Gasteiger partial charge on any atom is -0.507 e. The van der Waals surface area contributed by atoms with Crippen molar-refractivity contribution in [3.8, 4) is 17.2 Å². The SMILES string of the molecule is COc1cccc2c1C(=O)c1c(O)c3c(c(O)c1C2=O)C[C@@](O)(C(=O)CO)C[C@@H]3C[C@H]1C[C@H](NC(=O)OC2/C=C/CCCCC2)[C@H](O)[C@H](C)O1. The zero-order valence-electron chi connectivity index (χ0n) is 28.0. The Morgan fingerprint density at radius 1 is 1.06 bits per heavy atom. The van der Waals surface area contributed by atoms with Crippen molar-refractivity contribution in [2.24, 2.45) is 0 Å². The van der Waals surface area contributed by atoms with Crippen molar-refractivity contribution >= 4 is 23.4 Å². The second-order valence-corrected chi connectivity index (χ2v) is 13.8. The van der Waals surface area contributed by atoms with E-state index in [-0.39, 0.29) is 47.3 Å². The van der Waals surface area contributed by atoms with Gasteiger partial charge >= 0.3 is 6.09 Å². The number of phenols is 2. The van der Waals surface area contributed by atoms with Crippen LogP contribution in [0.1, 0.15) is 107 Å². The van der Waals surface area contributed by atoms with Gasteiger partial charge in [0.25, 0.3) is 0 Å². The van der Waals surface area contributed by atoms with E-state index in [1.807, 2.05) is 12.2 Å². The Labute approximate surface area is 288 Å². The minimum absolute atomic E-state index is 0.00248. The zero-order chi connectivity index (χ0) is 35.9. The Morgan fingerprint density at radius 3 is 2.56 bits per heavy atom. The summed E-state index contributed by atoms with van der Waals surface area (Å²) in [7, 11) is 1.33. The van der Waals surface area contributed by atoms with Crippen molar-refractivity contribution in [3.05, 3.63) is 63.7 Å². The van der Waals surface area contributed by atoms with Crippen LogP contribution in [0.3, 0.4) is 0 Å². The van der Waals surface area contributed by atoms with Gasteiger partial charge in [0.05, 0.1) is 42.0 Å². The van der Waals surface area contributed by atoms with Gasteiger partial charge in [-0.1, -0.05) is 24.6 Å². The molecule has 2 aromatic carbocycles. The summed E-state index contributed by atoms with van der Waals surface area (Å²) < 4.78 is 17.1. The van der Waals surface area contributed by atoms with E-state index >= 15 is 0 Å². The summed E-state index contributed by atoms with van der Waals surface area (Å²) in [6.07, 6.45) is 4.02. The van der Waals surface area contributed by atoms with Crippen LogP contribution in [0, 0.1) is 0 Å². The zero-order valence-corrected chi connectivity index (χ0v) is 28.0. The Hall–Kier alpha value is -4.30. The number of allylic oxidation sites excluding steroid dienone is 1. The van der Waals surface area contributed by atoms with Gasteiger partial charge in [-0.3, -0.25) is 14.4 Å². The number of rotatable bonds is 7. The quantitative estimate of drug-likeness (QED) is 0.156. The molecule has 13 heteroatoms. The number of Topliss-reactive ketones (excluding diaryl/α,β-unsaturated/α-hetero) is 1. The standard InChI is InChI=1S/C37H43NO12/c1-18-31(41)24(38-36(46)50-20-9-6-4-3-5-7-10-20)14-21(49-18)13-19-15-37(47,26(40)17-39)16-23-27(19)34(44)30-29(33(23)43)32(42)22-11-8-12-25(48-2)28(22)35(30)45/h6,8-9,11-12,18-21,24,31,39,41,43-44,47H,3-5,7,10,13-17H2,1-2H3,(H,38,46)/b9-6+/t18-,19-,20?,21-,24-,31+,37+/m0/s1. The van der Waals surface area contributed by atoms with Crippen LogP contribution in [0.5, 0.6) is 17.2 Å². The maximum absolute atomic E-state index is 13.9. The minimum atomic E-state index is -2.19. The van der Waals surface area contributed by atoms with Gasteiger partial charge in [-0.25, -0.2) is 4.79 Å². The topological polar surface area (TPSA) is 209 Å². The number of phenolic OH excluding ortho intramolecular Hbond substituents is 2. The van der Waals surface area contributed by atoms with Gasteiger partial charge in [0.1, 0.15) is 41.7 Å². The summed E-state index contributed by atoms with van der Waals surface area (Å²) in [5, 5.41) is 58.5. The number of carbonyl (C=O) groups excluding carboxylic acids is 4. The molecule has 1 amide bonds. The molecule has 0 aromatic heterocycles. The first-order chi connectivity index (χ1) is 23.9. The van der Waals surface area contributed by atoms with E-state index in [4.69, 9.17) is 14.2 Å². The van der Waals surface area contributed by atoms with Crippen molar-refractivity contribution in [1.82, 2.24) is 5.32 Å². The lowest BCUT2D eigenvalue weighted by molar-refractivity contribution is -0.144. The highest BCUT2D eigenvalue weighted by Crippen LogP contribution is 2.53. The van der Waals surface area contributed by atoms with Crippen LogP contribution in [0.2, 0.25) is 0 Å². The first-order valence-corrected chi connectivity index (χ1v) is 17.1. The average Bonchev–Trinajstić information content (AvgIpc) is 3.07. The first kappa shape index (κ1) is 35.5. The van der Waals surface area contributed by atoms with Crippen LogP contribution in [0.4, 0.5) is 4.79 Å². The second kappa shape index (κ2) is 14.1. The molecule has 6 rings (SSSR count). The predicted molar refractivity (Wildman–Crippen MR) is 177 cm³/mol. The van der Waals surface area contributed by atoms with Crippen molar-refractivity contribution in [3.63, 3.8) is 0 Å². The van der Waals surface area contributed by atoms with Crippen LogP contribution in [-0.4, -0.2) is 98.8 Å². The molecule has 268 valence electrons. The van der Waals surface area contributed by atoms with E-state index in [1.54, 1.807) is 6.92 Å². The number of methoxy groups -OCH3 is 1. The number of alkyl carbamates (subject to hydrolysis) is 1. The largest absolute Gasteiger partial charge is 0.507 e. The number of amides is 1. The molecule has 7 atom stereocenters. The van der Waals surface area contributed by atoms with Gasteiger partial charge in [-0.05, 0) is 69.9 Å². The molecule has 1 unspecified atom stereocenters. The fraction of sp³-hybridized carbons (Fsp3) is 0.514. The number of nitrogens with one attached hydrogen (secondary N) is 1. The lowest BCUT2D eigenvalue weighted by Gasteiger charge is -2.43. The number of ketones is 3. The van der Waals surface area contributed by atoms with Gasteiger partial charge in [0.2, 0.25) is 5.78 Å². The summed E-state index contributed by atoms with van der Waals surface area (Å²) in [5.74, 6) is -4.52. The number of hydrogen-bond acceptors (Lipinski definition) is 12. The Kier molecular flexibility index (Phi) is 10.0. The molecule has 0 spiro atoms. The molecule has 1 aliphatic heterocycles. The Balaban J connectivity index is 1.33. The molecule has 0 saturated carbocycles. The van der Waals surface area contributed by atoms with Crippen molar-refractivity contribution < 1.29 is 58.9 Å². The number of fused-ring (bicyclic) bond motifs is 3. The van der Waals surface area contributed by atoms with Crippen LogP contribution >= 0.6 is 0 Å². The highest BCUT2D eigenvalue weighted by atomic mass is 16.6. The number of aromatic hydroxyl groups is 2. The van der Waals surface area contributed by atoms with E-state index < -0.39 is 101 Å². The molecule has 4 aliphatic rings. The Bertz CT molecular complexity index is 1740. The van der Waals surface area contributed by atoms with E-state index in [2.05, 4.69) is 5.32 Å². The fourth-order valence-electron chi connectivity index (χ4n) is 8.03. The summed E-state index contributed by atoms with van der Waals surface area (Å²) in [6.45, 7) is 0.623. The molecule has 1 heterocycles. The summed E-state index contributed by atoms with van der Waals surface area (Å²) in [5.41, 5.74) is -3.25. The molecule has 50 heavy (non-hydrogen) atoms. The van der Waals surface area contributed by atoms with Gasteiger partial charge in [0.15, 0.2) is 11.6 Å². The predicted octanol–water partition coefficient (Wildman–Crippen LogP) is 3.12. The molecule has 0 radical (unpaired) electrons. The normalized spacial score (nSPS) is 29.8. The molecule has 0 bridgehead atoms. The number of ether oxygens (including phenoxy) is 3. The van der Waals surface area contributed by atoms with Crippen LogP contribution in [-0.2, 0) is 20.7 Å². The molecule has 1 fully saturated rings. The number of carbonyl (C=O) groups is 4. The van der Waals surface area contributed by atoms with E-state index in [0.29, 0.717) is 6.42 Å². The molecule has 1 saturated heterocycles. The molecule has 6 N–H and O–H groups in total. The Morgan fingerprint density at radius 2 is 1.82 bits per heavy atom. The highest BCUT2D eigenvalue weighted by Gasteiger charge is 2.49. The van der Waals surface area contributed by atoms with Crippen LogP contribution in [0.15, 0.2) is 30.4 Å². The van der Waals surface area contributed by atoms with Crippen molar-refractivity contribution in [2.75, 3.05) is 13.7 Å². The fourth-order valence-corrected chi connectivity index (χ4v) is 8.03. The molecular formula is C37H43NO12. The number of hydrogen-bond donors (Lipinski definition) is 6. The maximum Gasteiger partial charge on any atom is 0.408 e. The molecular weight excluding hydrogens is 650 g/mol. The van der Waals surface area contributed by atoms with E-state index in [0.717, 1.165) is 25.7 Å². The first-order valence-electron chi connectivity index (χ1n) is 17.1. The van der Waals surface area contributed by atoms with Gasteiger partial charge in [-0.2, -0.15) is 0 Å². The second-order valence-electron chi connectivity index (χ2n) is 13.8. The maximum atomic E-state index is 13.9. The molecule has 2 aromatic rings. The third kappa shape index (κ3) is 6.39. The van der Waals surface area contributed by atoms with Gasteiger partial charge in [0, 0.05) is 23.1 Å².